The van der Waals surface area contributed by atoms with Gasteiger partial charge in [-0.05, 0) is 31.5 Å². The number of halogens is 6. The first-order valence-corrected chi connectivity index (χ1v) is 10.1. The summed E-state index contributed by atoms with van der Waals surface area (Å²) in [4.78, 5) is 20.5. The minimum absolute atomic E-state index is 0.0708. The molecule has 1 fully saturated rings. The van der Waals surface area contributed by atoms with E-state index in [1.807, 2.05) is 5.32 Å². The van der Waals surface area contributed by atoms with Gasteiger partial charge in [-0.2, -0.15) is 26.3 Å². The molecule has 4 N–H and O–H groups in total. The SMILES string of the molecule is COC(C)(C)C(F)(F)F.COCC(c1ccc2nc(CN)[nH]c2c1)N1CC(C(F)(F)F)NC1=O. The highest BCUT2D eigenvalue weighted by Gasteiger charge is 2.49. The Kier molecular flexibility index (Phi) is 8.43. The Labute approximate surface area is 191 Å². The average Bonchev–Trinajstić information content (AvgIpc) is 3.34. The lowest BCUT2D eigenvalue weighted by Gasteiger charge is -2.27. The second-order valence-corrected chi connectivity index (χ2v) is 8.04. The van der Waals surface area contributed by atoms with Crippen molar-refractivity contribution in [3.63, 3.8) is 0 Å². The van der Waals surface area contributed by atoms with Gasteiger partial charge in [-0.1, -0.05) is 6.07 Å². The summed E-state index contributed by atoms with van der Waals surface area (Å²) in [6.45, 7) is 1.81. The van der Waals surface area contributed by atoms with Gasteiger partial charge in [0.2, 0.25) is 0 Å². The number of alkyl halides is 6. The van der Waals surface area contributed by atoms with Crippen LogP contribution in [0.3, 0.4) is 0 Å². The summed E-state index contributed by atoms with van der Waals surface area (Å²) < 4.78 is 83.2. The second kappa shape index (κ2) is 10.4. The van der Waals surface area contributed by atoms with E-state index >= 15 is 0 Å². The third-order valence-corrected chi connectivity index (χ3v) is 5.36. The van der Waals surface area contributed by atoms with Crippen molar-refractivity contribution in [3.05, 3.63) is 29.6 Å². The van der Waals surface area contributed by atoms with Gasteiger partial charge in [-0.25, -0.2) is 9.78 Å². The van der Waals surface area contributed by atoms with Gasteiger partial charge in [-0.3, -0.25) is 0 Å². The van der Waals surface area contributed by atoms with E-state index in [0.29, 0.717) is 22.4 Å². The molecular formula is C20H27F6N5O3. The molecule has 34 heavy (non-hydrogen) atoms. The maximum Gasteiger partial charge on any atom is 0.416 e. The molecule has 1 aromatic heterocycles. The van der Waals surface area contributed by atoms with E-state index in [4.69, 9.17) is 10.5 Å². The molecule has 1 aliphatic rings. The Morgan fingerprint density at radius 1 is 1.21 bits per heavy atom. The quantitative estimate of drug-likeness (QED) is 0.527. The van der Waals surface area contributed by atoms with Crippen molar-refractivity contribution in [2.75, 3.05) is 27.4 Å². The molecule has 0 radical (unpaired) electrons. The summed E-state index contributed by atoms with van der Waals surface area (Å²) in [5, 5.41) is 1.97. The first-order chi connectivity index (χ1) is 15.6. The van der Waals surface area contributed by atoms with Crippen LogP contribution < -0.4 is 11.1 Å². The molecule has 2 aromatic rings. The number of methoxy groups -OCH3 is 2. The fourth-order valence-corrected chi connectivity index (χ4v) is 3.04. The van der Waals surface area contributed by atoms with Crippen LogP contribution >= 0.6 is 0 Å². The van der Waals surface area contributed by atoms with E-state index in [-0.39, 0.29) is 13.2 Å². The number of amides is 2. The predicted molar refractivity (Wildman–Crippen MR) is 111 cm³/mol. The number of hydrogen-bond donors (Lipinski definition) is 3. The van der Waals surface area contributed by atoms with Gasteiger partial charge < -0.3 is 30.4 Å². The molecule has 1 aliphatic heterocycles. The number of ether oxygens (including phenoxy) is 2. The second-order valence-electron chi connectivity index (χ2n) is 8.04. The molecule has 1 saturated heterocycles. The molecular weight excluding hydrogens is 472 g/mol. The van der Waals surface area contributed by atoms with E-state index in [1.165, 1.54) is 7.11 Å². The number of H-pyrrole nitrogens is 1. The predicted octanol–water partition coefficient (Wildman–Crippen LogP) is 3.64. The van der Waals surface area contributed by atoms with Crippen molar-refractivity contribution in [1.29, 1.82) is 0 Å². The number of aromatic nitrogens is 2. The number of rotatable bonds is 6. The number of carbonyl (C=O) groups is 1. The highest BCUT2D eigenvalue weighted by molar-refractivity contribution is 5.79. The minimum Gasteiger partial charge on any atom is -0.382 e. The van der Waals surface area contributed by atoms with Crippen LogP contribution in [0.5, 0.6) is 0 Å². The van der Waals surface area contributed by atoms with Gasteiger partial charge in [0.15, 0.2) is 5.60 Å². The molecule has 2 heterocycles. The Morgan fingerprint density at radius 2 is 1.85 bits per heavy atom. The summed E-state index contributed by atoms with van der Waals surface area (Å²) in [6.07, 6.45) is -8.77. The lowest BCUT2D eigenvalue weighted by molar-refractivity contribution is -0.255. The van der Waals surface area contributed by atoms with Crippen LogP contribution in [0.1, 0.15) is 31.3 Å². The number of urea groups is 1. The van der Waals surface area contributed by atoms with Crippen molar-refractivity contribution in [2.24, 2.45) is 5.73 Å². The van der Waals surface area contributed by atoms with Gasteiger partial charge in [0.05, 0.1) is 36.8 Å². The van der Waals surface area contributed by atoms with Gasteiger partial charge in [-0.15, -0.1) is 0 Å². The summed E-state index contributed by atoms with van der Waals surface area (Å²) >= 11 is 0. The number of nitrogens with one attached hydrogen (secondary N) is 2. The lowest BCUT2D eigenvalue weighted by atomic mass is 10.1. The smallest absolute Gasteiger partial charge is 0.382 e. The van der Waals surface area contributed by atoms with Gasteiger partial charge >= 0.3 is 18.4 Å². The third kappa shape index (κ3) is 6.30. The number of imidazole rings is 1. The van der Waals surface area contributed by atoms with Crippen molar-refractivity contribution < 1.29 is 40.6 Å². The number of carbonyl (C=O) groups excluding carboxylic acids is 1. The van der Waals surface area contributed by atoms with E-state index in [0.717, 1.165) is 25.9 Å². The Morgan fingerprint density at radius 3 is 2.29 bits per heavy atom. The highest BCUT2D eigenvalue weighted by atomic mass is 19.4. The molecule has 0 bridgehead atoms. The fourth-order valence-electron chi connectivity index (χ4n) is 3.04. The van der Waals surface area contributed by atoms with E-state index in [9.17, 15) is 31.1 Å². The van der Waals surface area contributed by atoms with Crippen LogP contribution in [0.25, 0.3) is 11.0 Å². The van der Waals surface area contributed by atoms with Crippen LogP contribution in [0.2, 0.25) is 0 Å². The number of nitrogens with two attached hydrogens (primary N) is 1. The van der Waals surface area contributed by atoms with Crippen molar-refractivity contribution in [1.82, 2.24) is 20.2 Å². The number of benzene rings is 1. The largest absolute Gasteiger partial charge is 0.416 e. The average molecular weight is 499 g/mol. The normalized spacial score (nSPS) is 18.0. The molecule has 192 valence electrons. The standard InChI is InChI=1S/C15H18F3N5O2.C5H9F3O/c1-25-7-11(23-6-12(15(16,17)18)22-14(23)24)8-2-3-9-10(4-8)21-13(5-19)20-9;1-4(2,9-3)5(6,7)8/h2-4,11-12H,5-7,19H2,1H3,(H,20,21)(H,22,24);1-3H3. The van der Waals surface area contributed by atoms with Crippen molar-refractivity contribution in [3.8, 4) is 0 Å². The molecule has 14 heteroatoms. The molecule has 0 aliphatic carbocycles. The van der Waals surface area contributed by atoms with Crippen LogP contribution in [-0.2, 0) is 16.0 Å². The summed E-state index contributed by atoms with van der Waals surface area (Å²) in [5.41, 5.74) is 5.58. The topological polar surface area (TPSA) is 106 Å². The number of fused-ring (bicyclic) bond motifs is 1. The molecule has 2 unspecified atom stereocenters. The third-order valence-electron chi connectivity index (χ3n) is 5.36. The number of aromatic amines is 1. The molecule has 1 aromatic carbocycles. The van der Waals surface area contributed by atoms with Crippen LogP contribution in [0, 0.1) is 0 Å². The molecule has 0 spiro atoms. The monoisotopic (exact) mass is 499 g/mol. The zero-order chi connectivity index (χ0) is 25.9. The Balaban J connectivity index is 0.000000387. The lowest BCUT2D eigenvalue weighted by Crippen LogP contribution is -2.40. The van der Waals surface area contributed by atoms with Gasteiger partial charge in [0, 0.05) is 14.2 Å². The van der Waals surface area contributed by atoms with E-state index in [1.54, 1.807) is 18.2 Å². The van der Waals surface area contributed by atoms with Gasteiger partial charge in [0.25, 0.3) is 0 Å². The molecule has 2 atom stereocenters. The van der Waals surface area contributed by atoms with Crippen molar-refractivity contribution >= 4 is 17.1 Å². The molecule has 8 nitrogen and oxygen atoms in total. The highest BCUT2D eigenvalue weighted by Crippen LogP contribution is 2.32. The fraction of sp³-hybridized carbons (Fsp3) is 0.600. The van der Waals surface area contributed by atoms with Crippen LogP contribution in [0.15, 0.2) is 18.2 Å². The summed E-state index contributed by atoms with van der Waals surface area (Å²) in [6, 6.07) is 1.90. The van der Waals surface area contributed by atoms with E-state index in [2.05, 4.69) is 14.7 Å². The Bertz CT molecular complexity index is 976. The summed E-state index contributed by atoms with van der Waals surface area (Å²) in [7, 11) is 2.47. The first-order valence-electron chi connectivity index (χ1n) is 10.1. The van der Waals surface area contributed by atoms with Crippen molar-refractivity contribution in [2.45, 2.75) is 50.4 Å². The first kappa shape index (κ1) is 27.7. The maximum atomic E-state index is 12.9. The zero-order valence-corrected chi connectivity index (χ0v) is 19.0. The number of hydrogen-bond acceptors (Lipinski definition) is 5. The maximum absolute atomic E-state index is 12.9. The number of nitrogens with zero attached hydrogens (tertiary/aromatic N) is 2. The molecule has 2 amide bonds. The minimum atomic E-state index is -4.49. The summed E-state index contributed by atoms with van der Waals surface area (Å²) in [5.74, 6) is 0.603. The van der Waals surface area contributed by atoms with Crippen LogP contribution in [-0.4, -0.2) is 72.3 Å². The zero-order valence-electron chi connectivity index (χ0n) is 19.0. The van der Waals surface area contributed by atoms with E-state index < -0.39 is 42.6 Å². The Hall–Kier alpha value is -2.58. The molecule has 0 saturated carbocycles. The molecule has 3 rings (SSSR count). The van der Waals surface area contributed by atoms with Crippen LogP contribution in [0.4, 0.5) is 31.1 Å². The van der Waals surface area contributed by atoms with Gasteiger partial charge in [0.1, 0.15) is 11.9 Å².